The monoisotopic (exact) mass is 237 g/mol. The van der Waals surface area contributed by atoms with Crippen LogP contribution in [-0.4, -0.2) is 37.5 Å². The Hall–Kier alpha value is -2.08. The first-order valence-corrected chi connectivity index (χ1v) is 5.00. The van der Waals surface area contributed by atoms with Crippen LogP contribution in [-0.2, 0) is 9.63 Å². The molecule has 1 atom stereocenters. The fourth-order valence-electron chi connectivity index (χ4n) is 1.29. The van der Waals surface area contributed by atoms with Crippen LogP contribution >= 0.6 is 0 Å². The number of carbonyl (C=O) groups excluding carboxylic acids is 1. The molecule has 92 valence electrons. The summed E-state index contributed by atoms with van der Waals surface area (Å²) in [4.78, 5) is 15.1. The van der Waals surface area contributed by atoms with Crippen LogP contribution < -0.4 is 10.6 Å². The van der Waals surface area contributed by atoms with Crippen molar-refractivity contribution in [2.45, 2.75) is 6.23 Å². The zero-order valence-corrected chi connectivity index (χ0v) is 9.68. The second-order valence-electron chi connectivity index (χ2n) is 3.16. The number of nitrogens with zero attached hydrogens (tertiary/aromatic N) is 1. The molecule has 6 nitrogen and oxygen atoms in total. The third kappa shape index (κ3) is 3.46. The number of carbonyl (C=O) groups is 1. The smallest absolute Gasteiger partial charge is 0.174 e. The number of oxime groups is 1. The minimum atomic E-state index is -1.22. The number of hydrogen-bond acceptors (Lipinski definition) is 6. The number of rotatable bonds is 6. The summed E-state index contributed by atoms with van der Waals surface area (Å²) in [6, 6.07) is 7.27. The average Bonchev–Trinajstić information content (AvgIpc) is 2.36. The van der Waals surface area contributed by atoms with E-state index in [2.05, 4.69) is 20.6 Å². The molecule has 6 heteroatoms. The van der Waals surface area contributed by atoms with Crippen LogP contribution in [0.1, 0.15) is 0 Å². The molecule has 1 aromatic rings. The summed E-state index contributed by atoms with van der Waals surface area (Å²) < 4.78 is 0. The van der Waals surface area contributed by atoms with E-state index in [1.807, 2.05) is 18.2 Å². The van der Waals surface area contributed by atoms with Crippen molar-refractivity contribution >= 4 is 23.4 Å². The van der Waals surface area contributed by atoms with Crippen molar-refractivity contribution in [2.24, 2.45) is 5.16 Å². The summed E-state index contributed by atoms with van der Waals surface area (Å²) in [6.07, 6.45) is -0.787. The van der Waals surface area contributed by atoms with Gasteiger partial charge in [0.2, 0.25) is 0 Å². The fourth-order valence-corrected chi connectivity index (χ4v) is 1.29. The molecule has 1 rings (SSSR count). The lowest BCUT2D eigenvalue weighted by Gasteiger charge is -2.15. The molecule has 0 bridgehead atoms. The Kier molecular flexibility index (Phi) is 4.96. The second-order valence-corrected chi connectivity index (χ2v) is 3.16. The highest BCUT2D eigenvalue weighted by atomic mass is 16.6. The van der Waals surface area contributed by atoms with E-state index < -0.39 is 6.23 Å². The highest BCUT2D eigenvalue weighted by Crippen LogP contribution is 2.20. The third-order valence-electron chi connectivity index (χ3n) is 2.09. The maximum Gasteiger partial charge on any atom is 0.174 e. The summed E-state index contributed by atoms with van der Waals surface area (Å²) in [6.45, 7) is 0. The van der Waals surface area contributed by atoms with Gasteiger partial charge in [0.1, 0.15) is 7.11 Å². The van der Waals surface area contributed by atoms with Gasteiger partial charge in [-0.25, -0.2) is 0 Å². The van der Waals surface area contributed by atoms with Gasteiger partial charge in [-0.2, -0.15) is 0 Å². The SMILES string of the molecule is CNc1ccccc1NC(O)/C(C=O)=N\OC. The van der Waals surface area contributed by atoms with E-state index in [9.17, 15) is 9.90 Å². The minimum absolute atomic E-state index is 0.126. The molecule has 17 heavy (non-hydrogen) atoms. The Morgan fingerprint density at radius 1 is 1.47 bits per heavy atom. The van der Waals surface area contributed by atoms with Gasteiger partial charge >= 0.3 is 0 Å². The molecular weight excluding hydrogens is 222 g/mol. The van der Waals surface area contributed by atoms with Crippen LogP contribution in [0.15, 0.2) is 29.4 Å². The Bertz CT molecular complexity index is 407. The standard InChI is InChI=1S/C11H15N3O3/c1-12-8-5-3-4-6-9(8)13-11(16)10(7-15)14-17-2/h3-7,11-13,16H,1-2H3/b14-10-. The van der Waals surface area contributed by atoms with Crippen LogP contribution in [0.3, 0.4) is 0 Å². The van der Waals surface area contributed by atoms with Gasteiger partial charge in [-0.1, -0.05) is 17.3 Å². The molecule has 0 spiro atoms. The molecule has 0 aromatic heterocycles. The Morgan fingerprint density at radius 2 is 2.12 bits per heavy atom. The van der Waals surface area contributed by atoms with Gasteiger partial charge < -0.3 is 20.6 Å². The number of anilines is 2. The largest absolute Gasteiger partial charge is 0.399 e. The Morgan fingerprint density at radius 3 is 2.65 bits per heavy atom. The summed E-state index contributed by atoms with van der Waals surface area (Å²) in [5, 5.41) is 18.8. The van der Waals surface area contributed by atoms with E-state index in [0.29, 0.717) is 12.0 Å². The first-order valence-electron chi connectivity index (χ1n) is 5.00. The predicted molar refractivity (Wildman–Crippen MR) is 66.1 cm³/mol. The van der Waals surface area contributed by atoms with E-state index in [0.717, 1.165) is 5.69 Å². The number of aliphatic hydroxyl groups is 1. The lowest BCUT2D eigenvalue weighted by Crippen LogP contribution is -2.30. The van der Waals surface area contributed by atoms with E-state index in [1.54, 1.807) is 13.1 Å². The molecule has 0 aliphatic carbocycles. The van der Waals surface area contributed by atoms with Crippen LogP contribution in [0.5, 0.6) is 0 Å². The average molecular weight is 237 g/mol. The quantitative estimate of drug-likeness (QED) is 0.293. The van der Waals surface area contributed by atoms with Crippen molar-refractivity contribution < 1.29 is 14.7 Å². The van der Waals surface area contributed by atoms with Gasteiger partial charge in [0.15, 0.2) is 18.2 Å². The second kappa shape index (κ2) is 6.49. The zero-order chi connectivity index (χ0) is 12.7. The van der Waals surface area contributed by atoms with E-state index in [-0.39, 0.29) is 5.71 Å². The lowest BCUT2D eigenvalue weighted by molar-refractivity contribution is -0.103. The van der Waals surface area contributed by atoms with Crippen molar-refractivity contribution in [3.05, 3.63) is 24.3 Å². The van der Waals surface area contributed by atoms with Gasteiger partial charge in [0, 0.05) is 7.05 Å². The Labute approximate surface area is 99.3 Å². The molecule has 0 saturated carbocycles. The molecule has 0 heterocycles. The first-order chi connectivity index (χ1) is 8.22. The molecule has 0 fully saturated rings. The van der Waals surface area contributed by atoms with E-state index in [4.69, 9.17) is 0 Å². The molecular formula is C11H15N3O3. The highest BCUT2D eigenvalue weighted by Gasteiger charge is 2.13. The molecule has 1 unspecified atom stereocenters. The van der Waals surface area contributed by atoms with Crippen LogP contribution in [0, 0.1) is 0 Å². The molecule has 0 saturated heterocycles. The lowest BCUT2D eigenvalue weighted by atomic mass is 10.2. The molecule has 0 amide bonds. The molecule has 3 N–H and O–H groups in total. The highest BCUT2D eigenvalue weighted by molar-refractivity contribution is 6.30. The van der Waals surface area contributed by atoms with Gasteiger partial charge in [-0.3, -0.25) is 4.79 Å². The maximum atomic E-state index is 10.7. The van der Waals surface area contributed by atoms with Gasteiger partial charge in [0.05, 0.1) is 11.4 Å². The van der Waals surface area contributed by atoms with Crippen molar-refractivity contribution in [3.63, 3.8) is 0 Å². The van der Waals surface area contributed by atoms with Crippen molar-refractivity contribution in [3.8, 4) is 0 Å². The molecule has 0 aliphatic heterocycles. The molecule has 0 aliphatic rings. The van der Waals surface area contributed by atoms with Crippen molar-refractivity contribution in [1.82, 2.24) is 0 Å². The van der Waals surface area contributed by atoms with Crippen molar-refractivity contribution in [1.29, 1.82) is 0 Å². The number of benzene rings is 1. The van der Waals surface area contributed by atoms with Gasteiger partial charge in [0.25, 0.3) is 0 Å². The summed E-state index contributed by atoms with van der Waals surface area (Å²) in [5.74, 6) is 0. The summed E-state index contributed by atoms with van der Waals surface area (Å²) in [5.41, 5.74) is 1.33. The fraction of sp³-hybridized carbons (Fsp3) is 0.273. The van der Waals surface area contributed by atoms with Gasteiger partial charge in [-0.15, -0.1) is 0 Å². The zero-order valence-electron chi connectivity index (χ0n) is 9.68. The topological polar surface area (TPSA) is 83.0 Å². The number of hydrogen-bond donors (Lipinski definition) is 3. The van der Waals surface area contributed by atoms with Crippen LogP contribution in [0.25, 0.3) is 0 Å². The minimum Gasteiger partial charge on any atom is -0.399 e. The molecule has 1 aromatic carbocycles. The Balaban J connectivity index is 2.83. The number of aliphatic hydroxyl groups excluding tert-OH is 1. The van der Waals surface area contributed by atoms with Crippen molar-refractivity contribution in [2.75, 3.05) is 24.8 Å². The van der Waals surface area contributed by atoms with Crippen LogP contribution in [0.2, 0.25) is 0 Å². The van der Waals surface area contributed by atoms with Gasteiger partial charge in [-0.05, 0) is 12.1 Å². The summed E-state index contributed by atoms with van der Waals surface area (Å²) in [7, 11) is 3.06. The normalized spacial score (nSPS) is 12.8. The van der Waals surface area contributed by atoms with E-state index >= 15 is 0 Å². The van der Waals surface area contributed by atoms with Crippen LogP contribution in [0.4, 0.5) is 11.4 Å². The number of para-hydroxylation sites is 2. The first kappa shape index (κ1) is 13.0. The number of nitrogens with one attached hydrogen (secondary N) is 2. The molecule has 0 radical (unpaired) electrons. The maximum absolute atomic E-state index is 10.7. The van der Waals surface area contributed by atoms with E-state index in [1.165, 1.54) is 7.11 Å². The predicted octanol–water partition coefficient (Wildman–Crippen LogP) is 0.660. The number of aldehydes is 1. The summed E-state index contributed by atoms with van der Waals surface area (Å²) >= 11 is 0. The third-order valence-corrected chi connectivity index (χ3v) is 2.09.